The van der Waals surface area contributed by atoms with Crippen LogP contribution in [0, 0.1) is 13.8 Å². The molecule has 0 heterocycles. The molecule has 3 amide bonds. The second kappa shape index (κ2) is 9.21. The number of nitrogens with zero attached hydrogens (tertiary/aromatic N) is 1. The SMILES string of the molecule is Cc1ccc(CN(C)C(=O)c2ccc(CNC(=O)NC(C)C)cc2)c(C)c1. The van der Waals surface area contributed by atoms with Gasteiger partial charge in [-0.2, -0.15) is 0 Å². The lowest BCUT2D eigenvalue weighted by Crippen LogP contribution is -2.39. The Kier molecular flexibility index (Phi) is 6.99. The highest BCUT2D eigenvalue weighted by molar-refractivity contribution is 5.94. The van der Waals surface area contributed by atoms with Crippen LogP contribution in [0.1, 0.15) is 46.5 Å². The van der Waals surface area contributed by atoms with Gasteiger partial charge in [-0.05, 0) is 56.5 Å². The maximum Gasteiger partial charge on any atom is 0.315 e. The van der Waals surface area contributed by atoms with E-state index in [1.165, 1.54) is 11.1 Å². The molecule has 0 bridgehead atoms. The van der Waals surface area contributed by atoms with Crippen molar-refractivity contribution in [2.75, 3.05) is 7.05 Å². The fourth-order valence-electron chi connectivity index (χ4n) is 2.83. The summed E-state index contributed by atoms with van der Waals surface area (Å²) in [5.74, 6) is -0.0213. The molecule has 27 heavy (non-hydrogen) atoms. The Hall–Kier alpha value is -2.82. The highest BCUT2D eigenvalue weighted by atomic mass is 16.2. The van der Waals surface area contributed by atoms with E-state index < -0.39 is 0 Å². The summed E-state index contributed by atoms with van der Waals surface area (Å²) in [6, 6.07) is 13.5. The molecule has 144 valence electrons. The zero-order valence-electron chi connectivity index (χ0n) is 16.8. The molecule has 2 rings (SSSR count). The first-order chi connectivity index (χ1) is 12.8. The number of hydrogen-bond donors (Lipinski definition) is 2. The van der Waals surface area contributed by atoms with E-state index in [9.17, 15) is 9.59 Å². The van der Waals surface area contributed by atoms with Gasteiger partial charge in [0.25, 0.3) is 5.91 Å². The van der Waals surface area contributed by atoms with Crippen molar-refractivity contribution in [2.45, 2.75) is 46.8 Å². The Morgan fingerprint density at radius 2 is 1.70 bits per heavy atom. The number of rotatable bonds is 6. The number of carbonyl (C=O) groups excluding carboxylic acids is 2. The van der Waals surface area contributed by atoms with Crippen LogP contribution in [0.5, 0.6) is 0 Å². The first-order valence-electron chi connectivity index (χ1n) is 9.21. The molecule has 0 atom stereocenters. The van der Waals surface area contributed by atoms with Crippen LogP contribution in [0.2, 0.25) is 0 Å². The number of amides is 3. The molecule has 0 fully saturated rings. The maximum absolute atomic E-state index is 12.7. The van der Waals surface area contributed by atoms with Crippen LogP contribution in [0.3, 0.4) is 0 Å². The molecule has 0 aliphatic heterocycles. The minimum atomic E-state index is -0.196. The van der Waals surface area contributed by atoms with Gasteiger partial charge in [0.2, 0.25) is 0 Å². The number of benzene rings is 2. The molecule has 0 spiro atoms. The van der Waals surface area contributed by atoms with E-state index in [0.717, 1.165) is 11.1 Å². The van der Waals surface area contributed by atoms with Crippen LogP contribution in [0.25, 0.3) is 0 Å². The van der Waals surface area contributed by atoms with Crippen LogP contribution in [-0.4, -0.2) is 29.9 Å². The van der Waals surface area contributed by atoms with Crippen LogP contribution >= 0.6 is 0 Å². The molecule has 0 saturated carbocycles. The summed E-state index contributed by atoms with van der Waals surface area (Å²) >= 11 is 0. The van der Waals surface area contributed by atoms with Gasteiger partial charge in [0.05, 0.1) is 0 Å². The summed E-state index contributed by atoms with van der Waals surface area (Å²) in [7, 11) is 1.81. The van der Waals surface area contributed by atoms with Gasteiger partial charge in [-0.1, -0.05) is 35.9 Å². The number of urea groups is 1. The number of hydrogen-bond acceptors (Lipinski definition) is 2. The third-order valence-electron chi connectivity index (χ3n) is 4.33. The lowest BCUT2D eigenvalue weighted by Gasteiger charge is -2.19. The third kappa shape index (κ3) is 6.13. The van der Waals surface area contributed by atoms with Crippen molar-refractivity contribution in [2.24, 2.45) is 0 Å². The average molecular weight is 367 g/mol. The predicted molar refractivity (Wildman–Crippen MR) is 109 cm³/mol. The monoisotopic (exact) mass is 367 g/mol. The highest BCUT2D eigenvalue weighted by Crippen LogP contribution is 2.14. The zero-order valence-corrected chi connectivity index (χ0v) is 16.8. The van der Waals surface area contributed by atoms with Crippen molar-refractivity contribution in [1.29, 1.82) is 0 Å². The Bertz CT molecular complexity index is 798. The normalized spacial score (nSPS) is 10.6. The smallest absolute Gasteiger partial charge is 0.315 e. The average Bonchev–Trinajstić information content (AvgIpc) is 2.61. The van der Waals surface area contributed by atoms with E-state index in [0.29, 0.717) is 18.7 Å². The predicted octanol–water partition coefficient (Wildman–Crippen LogP) is 3.78. The van der Waals surface area contributed by atoms with E-state index >= 15 is 0 Å². The summed E-state index contributed by atoms with van der Waals surface area (Å²) in [5, 5.41) is 5.58. The van der Waals surface area contributed by atoms with Crippen LogP contribution in [-0.2, 0) is 13.1 Å². The Morgan fingerprint density at radius 3 is 2.30 bits per heavy atom. The summed E-state index contributed by atoms with van der Waals surface area (Å²) in [5.41, 5.74) is 5.14. The summed E-state index contributed by atoms with van der Waals surface area (Å²) in [4.78, 5) is 26.0. The molecule has 2 aromatic rings. The van der Waals surface area contributed by atoms with Crippen molar-refractivity contribution in [3.05, 3.63) is 70.3 Å². The van der Waals surface area contributed by atoms with Gasteiger partial charge in [0, 0.05) is 31.7 Å². The van der Waals surface area contributed by atoms with Gasteiger partial charge in [-0.15, -0.1) is 0 Å². The molecule has 0 saturated heterocycles. The molecule has 0 aliphatic carbocycles. The summed E-state index contributed by atoms with van der Waals surface area (Å²) < 4.78 is 0. The van der Waals surface area contributed by atoms with Crippen molar-refractivity contribution in [3.63, 3.8) is 0 Å². The first-order valence-corrected chi connectivity index (χ1v) is 9.21. The highest BCUT2D eigenvalue weighted by Gasteiger charge is 2.13. The zero-order chi connectivity index (χ0) is 20.0. The molecule has 0 radical (unpaired) electrons. The lowest BCUT2D eigenvalue weighted by molar-refractivity contribution is 0.0785. The minimum Gasteiger partial charge on any atom is -0.337 e. The van der Waals surface area contributed by atoms with Gasteiger partial charge in [0.1, 0.15) is 0 Å². The van der Waals surface area contributed by atoms with Crippen LogP contribution in [0.4, 0.5) is 4.79 Å². The largest absolute Gasteiger partial charge is 0.337 e. The molecule has 5 nitrogen and oxygen atoms in total. The van der Waals surface area contributed by atoms with Crippen molar-refractivity contribution in [1.82, 2.24) is 15.5 Å². The van der Waals surface area contributed by atoms with E-state index in [2.05, 4.69) is 42.7 Å². The Labute approximate surface area is 161 Å². The fourth-order valence-corrected chi connectivity index (χ4v) is 2.83. The molecule has 0 unspecified atom stereocenters. The first kappa shape index (κ1) is 20.5. The summed E-state index contributed by atoms with van der Waals surface area (Å²) in [6.07, 6.45) is 0. The van der Waals surface area contributed by atoms with Gasteiger partial charge in [-0.3, -0.25) is 4.79 Å². The molecular weight excluding hydrogens is 338 g/mol. The Morgan fingerprint density at radius 1 is 1.04 bits per heavy atom. The van der Waals surface area contributed by atoms with E-state index in [1.807, 2.05) is 33.0 Å². The quantitative estimate of drug-likeness (QED) is 0.816. The summed E-state index contributed by atoms with van der Waals surface area (Å²) in [6.45, 7) is 8.95. The molecule has 0 aromatic heterocycles. The molecule has 5 heteroatoms. The van der Waals surface area contributed by atoms with Crippen molar-refractivity contribution >= 4 is 11.9 Å². The third-order valence-corrected chi connectivity index (χ3v) is 4.33. The fraction of sp³-hybridized carbons (Fsp3) is 0.364. The van der Waals surface area contributed by atoms with Crippen LogP contribution < -0.4 is 10.6 Å². The van der Waals surface area contributed by atoms with Gasteiger partial charge < -0.3 is 15.5 Å². The molecule has 2 N–H and O–H groups in total. The lowest BCUT2D eigenvalue weighted by atomic mass is 10.0. The van der Waals surface area contributed by atoms with Crippen molar-refractivity contribution < 1.29 is 9.59 Å². The second-order valence-electron chi connectivity index (χ2n) is 7.27. The number of nitrogens with one attached hydrogen (secondary N) is 2. The van der Waals surface area contributed by atoms with Gasteiger partial charge >= 0.3 is 6.03 Å². The standard InChI is InChI=1S/C22H29N3O2/c1-15(2)24-22(27)23-13-18-7-10-19(11-8-18)21(26)25(5)14-20-9-6-16(3)12-17(20)4/h6-12,15H,13-14H2,1-5H3,(H2,23,24,27). The molecule has 2 aromatic carbocycles. The van der Waals surface area contributed by atoms with Gasteiger partial charge in [0.15, 0.2) is 0 Å². The van der Waals surface area contributed by atoms with E-state index in [-0.39, 0.29) is 18.0 Å². The van der Waals surface area contributed by atoms with Crippen LogP contribution in [0.15, 0.2) is 42.5 Å². The molecule has 0 aliphatic rings. The van der Waals surface area contributed by atoms with E-state index in [1.54, 1.807) is 17.0 Å². The number of carbonyl (C=O) groups is 2. The van der Waals surface area contributed by atoms with E-state index in [4.69, 9.17) is 0 Å². The Balaban J connectivity index is 1.95. The minimum absolute atomic E-state index is 0.0213. The van der Waals surface area contributed by atoms with Gasteiger partial charge in [-0.25, -0.2) is 4.79 Å². The van der Waals surface area contributed by atoms with Crippen molar-refractivity contribution in [3.8, 4) is 0 Å². The topological polar surface area (TPSA) is 61.4 Å². The second-order valence-corrected chi connectivity index (χ2v) is 7.27. The maximum atomic E-state index is 12.7. The number of aryl methyl sites for hydroxylation is 2. The molecular formula is C22H29N3O2.